The summed E-state index contributed by atoms with van der Waals surface area (Å²) in [6.07, 6.45) is 13.4. The molecule has 1 N–H and O–H groups in total. The first kappa shape index (κ1) is 30.3. The van der Waals surface area contributed by atoms with Gasteiger partial charge in [-0.15, -0.1) is 0 Å². The molecular weight excluding hydrogens is 552 g/mol. The molecule has 3 aliphatic carbocycles. The fourth-order valence-electron chi connectivity index (χ4n) is 7.04. The molecule has 8 heteroatoms. The van der Waals surface area contributed by atoms with Crippen molar-refractivity contribution in [1.82, 2.24) is 9.78 Å². The van der Waals surface area contributed by atoms with Gasteiger partial charge in [0.2, 0.25) is 5.91 Å². The minimum absolute atomic E-state index is 0.113. The summed E-state index contributed by atoms with van der Waals surface area (Å²) < 4.78 is 7.53. The van der Waals surface area contributed by atoms with Gasteiger partial charge in [-0.05, 0) is 118 Å². The summed E-state index contributed by atoms with van der Waals surface area (Å²) in [4.78, 5) is 32.0. The molecule has 8 nitrogen and oxygen atoms in total. The number of hydrogen-bond donors (Lipinski definition) is 1. The zero-order valence-corrected chi connectivity index (χ0v) is 26.0. The molecule has 3 fully saturated rings. The van der Waals surface area contributed by atoms with Crippen molar-refractivity contribution >= 4 is 23.2 Å². The van der Waals surface area contributed by atoms with Gasteiger partial charge in [-0.2, -0.15) is 5.10 Å². The van der Waals surface area contributed by atoms with Gasteiger partial charge in [0.1, 0.15) is 12.4 Å². The molecule has 0 saturated heterocycles. The summed E-state index contributed by atoms with van der Waals surface area (Å²) in [6, 6.07) is 15.4. The highest BCUT2D eigenvalue weighted by molar-refractivity contribution is 6.00. The minimum atomic E-state index is -0.574. The summed E-state index contributed by atoms with van der Waals surface area (Å²) in [5.74, 6) is 1.44. The lowest BCUT2D eigenvalue weighted by molar-refractivity contribution is -0.123. The first-order valence-electron chi connectivity index (χ1n) is 16.2. The molecule has 2 amide bonds. The Morgan fingerprint density at radius 2 is 1.77 bits per heavy atom. The van der Waals surface area contributed by atoms with Gasteiger partial charge >= 0.3 is 0 Å². The Balaban J connectivity index is 1.19. The van der Waals surface area contributed by atoms with Crippen molar-refractivity contribution in [2.75, 3.05) is 25.2 Å². The van der Waals surface area contributed by atoms with E-state index in [0.717, 1.165) is 54.0 Å². The zero-order chi connectivity index (χ0) is 30.6. The summed E-state index contributed by atoms with van der Waals surface area (Å²) in [7, 11) is 1.72. The lowest BCUT2D eigenvalue weighted by atomic mass is 9.78. The van der Waals surface area contributed by atoms with Crippen molar-refractivity contribution in [3.05, 3.63) is 66.0 Å². The average Bonchev–Trinajstić information content (AvgIpc) is 3.79. The van der Waals surface area contributed by atoms with Crippen LogP contribution in [0.2, 0.25) is 0 Å². The lowest BCUT2D eigenvalue weighted by Crippen LogP contribution is -2.41. The van der Waals surface area contributed by atoms with E-state index in [1.54, 1.807) is 7.11 Å². The summed E-state index contributed by atoms with van der Waals surface area (Å²) in [5.41, 5.74) is 6.44. The normalized spacial score (nSPS) is 22.0. The molecule has 1 aromatic heterocycles. The van der Waals surface area contributed by atoms with Crippen LogP contribution in [-0.2, 0) is 9.59 Å². The molecule has 44 heavy (non-hydrogen) atoms. The number of anilines is 1. The fourth-order valence-corrected chi connectivity index (χ4v) is 7.04. The number of carbonyl (C=O) groups is 2. The molecule has 0 atom stereocenters. The van der Waals surface area contributed by atoms with Crippen molar-refractivity contribution in [3.63, 3.8) is 0 Å². The van der Waals surface area contributed by atoms with Crippen LogP contribution in [0.25, 0.3) is 11.1 Å². The van der Waals surface area contributed by atoms with Crippen LogP contribution in [0.15, 0.2) is 59.9 Å². The monoisotopic (exact) mass is 596 g/mol. The number of carbonyl (C=O) groups excluding carboxylic acids is 2. The maximum atomic E-state index is 14.2. The van der Waals surface area contributed by atoms with E-state index < -0.39 is 12.5 Å². The number of aryl methyl sites for hydroxylation is 1. The van der Waals surface area contributed by atoms with Crippen LogP contribution in [0, 0.1) is 18.8 Å². The van der Waals surface area contributed by atoms with E-state index in [0.29, 0.717) is 50.1 Å². The number of nitrogens with zero attached hydrogens (tertiary/aromatic N) is 4. The van der Waals surface area contributed by atoms with Gasteiger partial charge in [-0.25, -0.2) is 4.99 Å². The van der Waals surface area contributed by atoms with Gasteiger partial charge in [0, 0.05) is 35.6 Å². The second-order valence-corrected chi connectivity index (χ2v) is 12.9. The predicted octanol–water partition coefficient (Wildman–Crippen LogP) is 6.66. The van der Waals surface area contributed by atoms with Crippen LogP contribution < -0.4 is 9.64 Å². The number of aliphatic hydroxyl groups excluding tert-OH is 1. The number of ether oxygens (including phenoxy) is 1. The van der Waals surface area contributed by atoms with Gasteiger partial charge in [-0.3, -0.25) is 14.3 Å². The third-order valence-electron chi connectivity index (χ3n) is 9.79. The number of aliphatic hydroxyl groups is 1. The van der Waals surface area contributed by atoms with Gasteiger partial charge < -0.3 is 14.7 Å². The van der Waals surface area contributed by atoms with Crippen LogP contribution in [0.3, 0.4) is 0 Å². The Morgan fingerprint density at radius 3 is 2.45 bits per heavy atom. The molecule has 0 unspecified atom stereocenters. The first-order valence-corrected chi connectivity index (χ1v) is 16.2. The molecule has 0 bridgehead atoms. The van der Waals surface area contributed by atoms with Crippen molar-refractivity contribution in [1.29, 1.82) is 0 Å². The molecule has 3 saturated carbocycles. The quantitative estimate of drug-likeness (QED) is 0.298. The molecule has 232 valence electrons. The van der Waals surface area contributed by atoms with Gasteiger partial charge in [0.15, 0.2) is 0 Å². The van der Waals surface area contributed by atoms with Crippen molar-refractivity contribution in [2.45, 2.75) is 83.1 Å². The summed E-state index contributed by atoms with van der Waals surface area (Å²) in [6.45, 7) is 2.24. The molecule has 0 aliphatic heterocycles. The maximum Gasteiger partial charge on any atom is 0.271 e. The Labute approximate surface area is 260 Å². The molecule has 2 aromatic carbocycles. The predicted molar refractivity (Wildman–Crippen MR) is 172 cm³/mol. The van der Waals surface area contributed by atoms with Crippen LogP contribution in [0.5, 0.6) is 5.75 Å². The molecule has 6 rings (SSSR count). The third kappa shape index (κ3) is 6.96. The van der Waals surface area contributed by atoms with E-state index in [1.807, 2.05) is 11.1 Å². The second-order valence-electron chi connectivity index (χ2n) is 12.9. The van der Waals surface area contributed by atoms with Crippen LogP contribution in [-0.4, -0.2) is 52.7 Å². The van der Waals surface area contributed by atoms with E-state index >= 15 is 0 Å². The number of methoxy groups -OCH3 is 1. The van der Waals surface area contributed by atoms with E-state index in [1.165, 1.54) is 24.0 Å². The molecule has 0 spiro atoms. The number of aliphatic imine (C=N–C) groups is 1. The zero-order valence-electron chi connectivity index (χ0n) is 26.0. The lowest BCUT2D eigenvalue weighted by Gasteiger charge is -2.35. The third-order valence-corrected chi connectivity index (χ3v) is 9.79. The molecule has 3 aliphatic rings. The largest absolute Gasteiger partial charge is 0.496 e. The smallest absolute Gasteiger partial charge is 0.271 e. The van der Waals surface area contributed by atoms with Crippen molar-refractivity contribution in [2.24, 2.45) is 16.8 Å². The summed E-state index contributed by atoms with van der Waals surface area (Å²) >= 11 is 0. The highest BCUT2D eigenvalue weighted by Crippen LogP contribution is 2.39. The summed E-state index contributed by atoms with van der Waals surface area (Å²) in [5, 5.41) is 13.7. The van der Waals surface area contributed by atoms with Gasteiger partial charge in [0.05, 0.1) is 19.3 Å². The molecule has 1 heterocycles. The number of amides is 2. The van der Waals surface area contributed by atoms with E-state index in [-0.39, 0.29) is 11.8 Å². The van der Waals surface area contributed by atoms with Crippen LogP contribution >= 0.6 is 0 Å². The van der Waals surface area contributed by atoms with E-state index in [4.69, 9.17) is 9.84 Å². The Hall–Kier alpha value is -3.78. The highest BCUT2D eigenvalue weighted by Gasteiger charge is 2.32. The average molecular weight is 597 g/mol. The maximum absolute atomic E-state index is 14.2. The van der Waals surface area contributed by atoms with Crippen molar-refractivity contribution in [3.8, 4) is 16.9 Å². The SMILES string of the molecule is COc1ccc(C2CCC(CN(C(=O)C3CCC(=NC(=O)CO)CC3)c3cccc(-c4cnn(C5CC5)c4)c3)CC2)cc1C. The minimum Gasteiger partial charge on any atom is -0.496 e. The second kappa shape index (κ2) is 13.5. The Morgan fingerprint density at radius 1 is 1.00 bits per heavy atom. The number of aromatic nitrogens is 2. The number of hydrogen-bond acceptors (Lipinski definition) is 5. The first-order chi connectivity index (χ1) is 21.4. The van der Waals surface area contributed by atoms with Gasteiger partial charge in [0.25, 0.3) is 5.91 Å². The van der Waals surface area contributed by atoms with Gasteiger partial charge in [-0.1, -0.05) is 24.3 Å². The van der Waals surface area contributed by atoms with Crippen LogP contribution in [0.4, 0.5) is 5.69 Å². The standard InChI is InChI=1S/C36H44N4O4/c1-24-18-29(12-17-34(24)44-2)26-8-6-25(7-9-26)21-39(36(43)27-10-13-31(14-11-27)38-35(42)23-41)33-5-3-4-28(19-33)30-20-37-40(22-30)32-15-16-32/h3-5,12,17-20,22,25-27,32,41H,6-11,13-16,21,23H2,1-2H3. The number of benzene rings is 2. The Kier molecular flexibility index (Phi) is 9.26. The van der Waals surface area contributed by atoms with Crippen molar-refractivity contribution < 1.29 is 19.4 Å². The Bertz CT molecular complexity index is 1510. The molecule has 0 radical (unpaired) electrons. The topological polar surface area (TPSA) is 97.0 Å². The molecule has 3 aromatic rings. The van der Waals surface area contributed by atoms with Crippen LogP contribution in [0.1, 0.15) is 87.3 Å². The fraction of sp³-hybridized carbons (Fsp3) is 0.500. The van der Waals surface area contributed by atoms with E-state index in [2.05, 4.69) is 70.4 Å². The highest BCUT2D eigenvalue weighted by atomic mass is 16.5. The number of rotatable bonds is 9. The molecular formula is C36H44N4O4. The van der Waals surface area contributed by atoms with E-state index in [9.17, 15) is 9.59 Å².